The molecule has 1 fully saturated rings. The van der Waals surface area contributed by atoms with E-state index in [1.165, 1.54) is 6.20 Å². The summed E-state index contributed by atoms with van der Waals surface area (Å²) in [4.78, 5) is 28.0. The Morgan fingerprint density at radius 1 is 1.53 bits per heavy atom. The molecule has 0 aromatic carbocycles. The van der Waals surface area contributed by atoms with Gasteiger partial charge in [-0.3, -0.25) is 14.7 Å². The normalized spacial score (nSPS) is 19.9. The summed E-state index contributed by atoms with van der Waals surface area (Å²) < 4.78 is 0. The fourth-order valence-corrected chi connectivity index (χ4v) is 2.37. The first-order valence-electron chi connectivity index (χ1n) is 6.70. The van der Waals surface area contributed by atoms with E-state index in [1.54, 1.807) is 23.0 Å². The third-order valence-electron chi connectivity index (χ3n) is 3.55. The molecule has 1 saturated heterocycles. The molecular weight excluding hydrogens is 244 g/mol. The summed E-state index contributed by atoms with van der Waals surface area (Å²) in [7, 11) is 1.79. The van der Waals surface area contributed by atoms with Gasteiger partial charge in [-0.2, -0.15) is 5.10 Å². The van der Waals surface area contributed by atoms with Gasteiger partial charge in [0.15, 0.2) is 0 Å². The van der Waals surface area contributed by atoms with Crippen molar-refractivity contribution in [2.45, 2.75) is 32.2 Å². The summed E-state index contributed by atoms with van der Waals surface area (Å²) >= 11 is 0. The van der Waals surface area contributed by atoms with Crippen molar-refractivity contribution in [1.82, 2.24) is 20.0 Å². The molecule has 1 N–H and O–H groups in total. The average Bonchev–Trinajstić information content (AvgIpc) is 2.93. The predicted molar refractivity (Wildman–Crippen MR) is 70.6 cm³/mol. The van der Waals surface area contributed by atoms with Gasteiger partial charge in [0.1, 0.15) is 6.04 Å². The Bertz CT molecular complexity index is 444. The van der Waals surface area contributed by atoms with E-state index in [-0.39, 0.29) is 17.9 Å². The molecule has 104 valence electrons. The second kappa shape index (κ2) is 5.86. The number of hydrogen-bond acceptors (Lipinski definition) is 3. The SMILES string of the molecule is CCCCC1C(=O)N(C)CCN1C(=O)c1cn[nH]c1. The summed E-state index contributed by atoms with van der Waals surface area (Å²) in [5.41, 5.74) is 0.513. The van der Waals surface area contributed by atoms with Crippen molar-refractivity contribution in [3.8, 4) is 0 Å². The van der Waals surface area contributed by atoms with Crippen LogP contribution in [0.5, 0.6) is 0 Å². The molecule has 6 nitrogen and oxygen atoms in total. The lowest BCUT2D eigenvalue weighted by Gasteiger charge is -2.39. The minimum atomic E-state index is -0.332. The topological polar surface area (TPSA) is 69.3 Å². The Morgan fingerprint density at radius 2 is 2.32 bits per heavy atom. The number of rotatable bonds is 4. The second-order valence-corrected chi connectivity index (χ2v) is 4.90. The molecule has 1 aromatic rings. The van der Waals surface area contributed by atoms with Crippen molar-refractivity contribution in [1.29, 1.82) is 0 Å². The summed E-state index contributed by atoms with van der Waals surface area (Å²) in [6.45, 7) is 3.25. The Kier molecular flexibility index (Phi) is 4.19. The number of carbonyl (C=O) groups excluding carboxylic acids is 2. The molecule has 0 radical (unpaired) electrons. The number of nitrogens with zero attached hydrogens (tertiary/aromatic N) is 3. The number of piperazine rings is 1. The van der Waals surface area contributed by atoms with Crippen LogP contribution in [0.1, 0.15) is 36.5 Å². The quantitative estimate of drug-likeness (QED) is 0.877. The van der Waals surface area contributed by atoms with Crippen LogP contribution in [0.4, 0.5) is 0 Å². The van der Waals surface area contributed by atoms with Crippen molar-refractivity contribution >= 4 is 11.8 Å². The largest absolute Gasteiger partial charge is 0.342 e. The molecule has 1 atom stereocenters. The number of unbranched alkanes of at least 4 members (excludes halogenated alkanes) is 1. The van der Waals surface area contributed by atoms with Gasteiger partial charge in [-0.15, -0.1) is 0 Å². The van der Waals surface area contributed by atoms with Crippen LogP contribution < -0.4 is 0 Å². The number of carbonyl (C=O) groups is 2. The van der Waals surface area contributed by atoms with Crippen LogP contribution in [0.25, 0.3) is 0 Å². The third-order valence-corrected chi connectivity index (χ3v) is 3.55. The maximum absolute atomic E-state index is 12.4. The van der Waals surface area contributed by atoms with Crippen molar-refractivity contribution in [2.24, 2.45) is 0 Å². The van der Waals surface area contributed by atoms with Gasteiger partial charge in [0, 0.05) is 26.3 Å². The van der Waals surface area contributed by atoms with E-state index in [0.29, 0.717) is 18.7 Å². The van der Waals surface area contributed by atoms with Crippen LogP contribution in [0.2, 0.25) is 0 Å². The molecule has 1 aliphatic rings. The highest BCUT2D eigenvalue weighted by Gasteiger charge is 2.35. The Balaban J connectivity index is 2.16. The number of nitrogens with one attached hydrogen (secondary N) is 1. The van der Waals surface area contributed by atoms with Gasteiger partial charge in [-0.1, -0.05) is 19.8 Å². The highest BCUT2D eigenvalue weighted by atomic mass is 16.2. The van der Waals surface area contributed by atoms with Crippen LogP contribution in [0.15, 0.2) is 12.4 Å². The zero-order chi connectivity index (χ0) is 13.8. The molecule has 1 unspecified atom stereocenters. The van der Waals surface area contributed by atoms with Crippen molar-refractivity contribution in [2.75, 3.05) is 20.1 Å². The highest BCUT2D eigenvalue weighted by Crippen LogP contribution is 2.18. The molecule has 2 heterocycles. The van der Waals surface area contributed by atoms with Gasteiger partial charge < -0.3 is 9.80 Å². The monoisotopic (exact) mass is 264 g/mol. The van der Waals surface area contributed by atoms with E-state index in [1.807, 2.05) is 0 Å². The van der Waals surface area contributed by atoms with Crippen LogP contribution in [-0.2, 0) is 4.79 Å². The molecule has 1 aromatic heterocycles. The zero-order valence-electron chi connectivity index (χ0n) is 11.4. The number of likely N-dealkylation sites (N-methyl/N-ethyl adjacent to an activating group) is 1. The number of hydrogen-bond donors (Lipinski definition) is 1. The Hall–Kier alpha value is -1.85. The Labute approximate surface area is 112 Å². The van der Waals surface area contributed by atoms with Crippen molar-refractivity contribution in [3.05, 3.63) is 18.0 Å². The minimum absolute atomic E-state index is 0.0385. The van der Waals surface area contributed by atoms with Gasteiger partial charge in [-0.25, -0.2) is 0 Å². The van der Waals surface area contributed by atoms with E-state index in [0.717, 1.165) is 19.3 Å². The lowest BCUT2D eigenvalue weighted by molar-refractivity contribution is -0.138. The van der Waals surface area contributed by atoms with E-state index in [2.05, 4.69) is 17.1 Å². The van der Waals surface area contributed by atoms with E-state index < -0.39 is 0 Å². The van der Waals surface area contributed by atoms with Crippen LogP contribution in [0.3, 0.4) is 0 Å². The molecule has 1 aliphatic heterocycles. The molecule has 19 heavy (non-hydrogen) atoms. The van der Waals surface area contributed by atoms with E-state index in [9.17, 15) is 9.59 Å². The zero-order valence-corrected chi connectivity index (χ0v) is 11.4. The average molecular weight is 264 g/mol. The Morgan fingerprint density at radius 3 is 2.95 bits per heavy atom. The van der Waals surface area contributed by atoms with Gasteiger partial charge in [-0.05, 0) is 6.42 Å². The molecule has 6 heteroatoms. The fourth-order valence-electron chi connectivity index (χ4n) is 2.37. The van der Waals surface area contributed by atoms with E-state index >= 15 is 0 Å². The van der Waals surface area contributed by atoms with Crippen LogP contribution in [-0.4, -0.2) is 58.0 Å². The lowest BCUT2D eigenvalue weighted by Crippen LogP contribution is -2.57. The van der Waals surface area contributed by atoms with Gasteiger partial charge in [0.2, 0.25) is 5.91 Å². The standard InChI is InChI=1S/C13H20N4O2/c1-3-4-5-11-13(19)16(2)6-7-17(11)12(18)10-8-14-15-9-10/h8-9,11H,3-7H2,1-2H3,(H,14,15). The molecule has 0 spiro atoms. The maximum Gasteiger partial charge on any atom is 0.257 e. The molecule has 0 aliphatic carbocycles. The number of aromatic amines is 1. The lowest BCUT2D eigenvalue weighted by atomic mass is 10.0. The van der Waals surface area contributed by atoms with Crippen molar-refractivity contribution < 1.29 is 9.59 Å². The van der Waals surface area contributed by atoms with Gasteiger partial charge in [0.25, 0.3) is 5.91 Å². The predicted octanol–water partition coefficient (Wildman–Crippen LogP) is 0.883. The molecular formula is C13H20N4O2. The summed E-state index contributed by atoms with van der Waals surface area (Å²) in [5.74, 6) is -0.0761. The molecule has 0 bridgehead atoms. The van der Waals surface area contributed by atoms with Gasteiger partial charge in [0.05, 0.1) is 11.8 Å². The second-order valence-electron chi connectivity index (χ2n) is 4.90. The smallest absolute Gasteiger partial charge is 0.257 e. The highest BCUT2D eigenvalue weighted by molar-refractivity contribution is 5.97. The summed E-state index contributed by atoms with van der Waals surface area (Å²) in [5, 5.41) is 6.43. The summed E-state index contributed by atoms with van der Waals surface area (Å²) in [6, 6.07) is -0.332. The molecule has 2 rings (SSSR count). The first-order chi connectivity index (χ1) is 9.15. The van der Waals surface area contributed by atoms with Gasteiger partial charge >= 0.3 is 0 Å². The first kappa shape index (κ1) is 13.6. The maximum atomic E-state index is 12.4. The van der Waals surface area contributed by atoms with Crippen LogP contribution >= 0.6 is 0 Å². The minimum Gasteiger partial charge on any atom is -0.342 e. The summed E-state index contributed by atoms with van der Waals surface area (Å²) in [6.07, 6.45) is 5.76. The number of aromatic nitrogens is 2. The first-order valence-corrected chi connectivity index (χ1v) is 6.70. The fraction of sp³-hybridized carbons (Fsp3) is 0.615. The number of H-pyrrole nitrogens is 1. The van der Waals surface area contributed by atoms with Crippen molar-refractivity contribution in [3.63, 3.8) is 0 Å². The molecule has 2 amide bonds. The molecule has 0 saturated carbocycles. The van der Waals surface area contributed by atoms with Crippen LogP contribution in [0, 0.1) is 0 Å². The number of amides is 2. The van der Waals surface area contributed by atoms with E-state index in [4.69, 9.17) is 0 Å². The third kappa shape index (κ3) is 2.77.